The molecule has 0 fully saturated rings. The van der Waals surface area contributed by atoms with Crippen LogP contribution in [0.2, 0.25) is 0 Å². The van der Waals surface area contributed by atoms with E-state index < -0.39 is 11.9 Å². The summed E-state index contributed by atoms with van der Waals surface area (Å²) in [6.07, 6.45) is 0. The first kappa shape index (κ1) is 14.3. The summed E-state index contributed by atoms with van der Waals surface area (Å²) in [4.78, 5) is 11.0. The Morgan fingerprint density at radius 3 is 2.00 bits per heavy atom. The van der Waals surface area contributed by atoms with Gasteiger partial charge in [0.25, 0.3) is 0 Å². The van der Waals surface area contributed by atoms with Crippen molar-refractivity contribution < 1.29 is 28.8 Å². The van der Waals surface area contributed by atoms with Crippen molar-refractivity contribution in [2.75, 3.05) is 33.5 Å². The minimum absolute atomic E-state index is 0.0861. The Labute approximate surface area is 89.1 Å². The summed E-state index contributed by atoms with van der Waals surface area (Å²) in [5.41, 5.74) is 0. The Morgan fingerprint density at radius 1 is 1.13 bits per heavy atom. The lowest BCUT2D eigenvalue weighted by atomic mass is 10.5. The van der Waals surface area contributed by atoms with Gasteiger partial charge in [-0.15, -0.1) is 0 Å². The van der Waals surface area contributed by atoms with Gasteiger partial charge in [-0.25, -0.2) is 4.79 Å². The summed E-state index contributed by atoms with van der Waals surface area (Å²) in [6.45, 7) is 4.04. The first-order chi connectivity index (χ1) is 7.13. The lowest BCUT2D eigenvalue weighted by molar-refractivity contribution is -0.361. The fourth-order valence-corrected chi connectivity index (χ4v) is 0.950. The number of rotatable bonds is 9. The first-order valence-corrected chi connectivity index (χ1v) is 4.77. The Bertz CT molecular complexity index is 175. The van der Waals surface area contributed by atoms with Crippen LogP contribution >= 0.6 is 0 Å². The minimum atomic E-state index is -2.01. The van der Waals surface area contributed by atoms with Crippen molar-refractivity contribution >= 4 is 5.97 Å². The van der Waals surface area contributed by atoms with Crippen LogP contribution in [-0.4, -0.2) is 50.6 Å². The van der Waals surface area contributed by atoms with Crippen LogP contribution in [0.5, 0.6) is 0 Å². The third kappa shape index (κ3) is 4.57. The van der Waals surface area contributed by atoms with Gasteiger partial charge in [-0.1, -0.05) is 0 Å². The third-order valence-electron chi connectivity index (χ3n) is 1.51. The summed E-state index contributed by atoms with van der Waals surface area (Å²) >= 11 is 0. The van der Waals surface area contributed by atoms with E-state index in [1.54, 1.807) is 13.8 Å². The highest BCUT2D eigenvalue weighted by Crippen LogP contribution is 2.15. The number of carbonyl (C=O) groups is 1. The molecule has 0 aromatic rings. The van der Waals surface area contributed by atoms with E-state index in [1.807, 2.05) is 0 Å². The van der Waals surface area contributed by atoms with Gasteiger partial charge in [0.15, 0.2) is 0 Å². The lowest BCUT2D eigenvalue weighted by Gasteiger charge is -2.27. The predicted molar refractivity (Wildman–Crippen MR) is 51.4 cm³/mol. The Balaban J connectivity index is 4.40. The van der Waals surface area contributed by atoms with Gasteiger partial charge in [0.1, 0.15) is 0 Å². The molecule has 0 atom stereocenters. The van der Waals surface area contributed by atoms with Crippen LogP contribution in [0.4, 0.5) is 0 Å². The van der Waals surface area contributed by atoms with Gasteiger partial charge < -0.3 is 24.1 Å². The summed E-state index contributed by atoms with van der Waals surface area (Å²) in [5.74, 6) is -3.32. The van der Waals surface area contributed by atoms with E-state index >= 15 is 0 Å². The number of hydrogen-bond acceptors (Lipinski definition) is 5. The van der Waals surface area contributed by atoms with Gasteiger partial charge in [0.2, 0.25) is 0 Å². The van der Waals surface area contributed by atoms with Crippen LogP contribution in [0.15, 0.2) is 0 Å². The topological polar surface area (TPSA) is 74.2 Å². The van der Waals surface area contributed by atoms with E-state index in [0.717, 1.165) is 0 Å². The van der Waals surface area contributed by atoms with Crippen molar-refractivity contribution in [1.82, 2.24) is 0 Å². The molecule has 0 aliphatic carbocycles. The average molecular weight is 222 g/mol. The number of methoxy groups -OCH3 is 1. The summed E-state index contributed by atoms with van der Waals surface area (Å²) in [5, 5.41) is 8.97. The van der Waals surface area contributed by atoms with Gasteiger partial charge >= 0.3 is 11.9 Å². The molecule has 6 heteroatoms. The molecule has 0 saturated heterocycles. The van der Waals surface area contributed by atoms with Gasteiger partial charge in [0.05, 0.1) is 26.4 Å². The fourth-order valence-electron chi connectivity index (χ4n) is 0.950. The summed E-state index contributed by atoms with van der Waals surface area (Å²) in [6, 6.07) is 0. The van der Waals surface area contributed by atoms with Gasteiger partial charge in [0, 0.05) is 7.11 Å². The molecular formula is C9H18O6. The molecule has 0 aromatic heterocycles. The molecule has 15 heavy (non-hydrogen) atoms. The zero-order valence-electron chi connectivity index (χ0n) is 9.32. The zero-order valence-corrected chi connectivity index (χ0v) is 9.32. The number of ether oxygens (including phenoxy) is 4. The maximum absolute atomic E-state index is 11.0. The molecule has 1 N–H and O–H groups in total. The van der Waals surface area contributed by atoms with Crippen molar-refractivity contribution in [2.45, 2.75) is 19.8 Å². The smallest absolute Gasteiger partial charge is 0.395 e. The van der Waals surface area contributed by atoms with Crippen molar-refractivity contribution in [3.63, 3.8) is 0 Å². The highest BCUT2D eigenvalue weighted by atomic mass is 16.9. The number of aliphatic carboxylic acids is 1. The van der Waals surface area contributed by atoms with Crippen LogP contribution in [0.25, 0.3) is 0 Å². The van der Waals surface area contributed by atoms with Crippen LogP contribution in [0, 0.1) is 0 Å². The fraction of sp³-hybridized carbons (Fsp3) is 0.889. The second kappa shape index (κ2) is 7.58. The highest BCUT2D eigenvalue weighted by Gasteiger charge is 2.42. The van der Waals surface area contributed by atoms with Crippen LogP contribution in [-0.2, 0) is 23.7 Å². The van der Waals surface area contributed by atoms with Gasteiger partial charge in [-0.2, -0.15) is 0 Å². The second-order valence-electron chi connectivity index (χ2n) is 2.57. The Morgan fingerprint density at radius 2 is 1.67 bits per heavy atom. The maximum atomic E-state index is 11.0. The van der Waals surface area contributed by atoms with Crippen molar-refractivity contribution in [1.29, 1.82) is 0 Å². The van der Waals surface area contributed by atoms with E-state index in [-0.39, 0.29) is 26.4 Å². The minimum Gasteiger partial charge on any atom is -0.475 e. The van der Waals surface area contributed by atoms with Crippen molar-refractivity contribution in [3.8, 4) is 0 Å². The van der Waals surface area contributed by atoms with Crippen LogP contribution in [0.3, 0.4) is 0 Å². The largest absolute Gasteiger partial charge is 0.475 e. The molecule has 6 nitrogen and oxygen atoms in total. The maximum Gasteiger partial charge on any atom is 0.395 e. The number of carboxylic acids is 1. The molecule has 0 heterocycles. The van der Waals surface area contributed by atoms with Crippen LogP contribution < -0.4 is 0 Å². The molecular weight excluding hydrogens is 204 g/mol. The molecule has 0 radical (unpaired) electrons. The van der Waals surface area contributed by atoms with Gasteiger partial charge in [-0.3, -0.25) is 0 Å². The molecule has 0 bridgehead atoms. The van der Waals surface area contributed by atoms with Crippen LogP contribution in [0.1, 0.15) is 13.8 Å². The first-order valence-electron chi connectivity index (χ1n) is 4.77. The van der Waals surface area contributed by atoms with E-state index in [1.165, 1.54) is 7.11 Å². The Kier molecular flexibility index (Phi) is 7.23. The molecule has 0 aliphatic rings. The monoisotopic (exact) mass is 222 g/mol. The highest BCUT2D eigenvalue weighted by molar-refractivity contribution is 5.73. The molecule has 0 aromatic carbocycles. The molecule has 0 amide bonds. The SMILES string of the molecule is CCOC(OCC)(OCCOC)C(=O)O. The van der Waals surface area contributed by atoms with E-state index in [4.69, 9.17) is 24.1 Å². The Hall–Kier alpha value is -0.690. The number of hydrogen-bond donors (Lipinski definition) is 1. The molecule has 0 spiro atoms. The predicted octanol–water partition coefficient (Wildman–Crippen LogP) is 0.461. The normalized spacial score (nSPS) is 11.7. The summed E-state index contributed by atoms with van der Waals surface area (Å²) in [7, 11) is 1.49. The zero-order chi connectivity index (χ0) is 11.7. The molecule has 0 saturated carbocycles. The van der Waals surface area contributed by atoms with Gasteiger partial charge in [-0.05, 0) is 13.8 Å². The molecule has 0 aliphatic heterocycles. The quantitative estimate of drug-likeness (QED) is 0.451. The average Bonchev–Trinajstić information content (AvgIpc) is 2.18. The van der Waals surface area contributed by atoms with E-state index in [9.17, 15) is 4.79 Å². The molecule has 90 valence electrons. The van der Waals surface area contributed by atoms with E-state index in [2.05, 4.69) is 0 Å². The molecule has 0 unspecified atom stereocenters. The standard InChI is InChI=1S/C9H18O6/c1-4-13-9(8(10)11,14-5-2)15-7-6-12-3/h4-7H2,1-3H3,(H,10,11). The third-order valence-corrected chi connectivity index (χ3v) is 1.51. The summed E-state index contributed by atoms with van der Waals surface area (Å²) < 4.78 is 19.7. The second-order valence-corrected chi connectivity index (χ2v) is 2.57. The van der Waals surface area contributed by atoms with E-state index in [0.29, 0.717) is 0 Å². The lowest BCUT2D eigenvalue weighted by Crippen LogP contribution is -2.47. The van der Waals surface area contributed by atoms with Crippen molar-refractivity contribution in [3.05, 3.63) is 0 Å². The van der Waals surface area contributed by atoms with Crippen molar-refractivity contribution in [2.24, 2.45) is 0 Å². The molecule has 0 rings (SSSR count). The number of carboxylic acid groups (broad SMARTS) is 1.